The highest BCUT2D eigenvalue weighted by Crippen LogP contribution is 2.19. The van der Waals surface area contributed by atoms with Crippen LogP contribution in [0.15, 0.2) is 0 Å². The summed E-state index contributed by atoms with van der Waals surface area (Å²) >= 11 is 0. The van der Waals surface area contributed by atoms with Crippen molar-refractivity contribution >= 4 is 8.24 Å². The van der Waals surface area contributed by atoms with Crippen LogP contribution in [0.2, 0.25) is 19.6 Å². The van der Waals surface area contributed by atoms with Crippen LogP contribution in [0.4, 0.5) is 0 Å². The summed E-state index contributed by atoms with van der Waals surface area (Å²) in [4.78, 5) is 3.69. The van der Waals surface area contributed by atoms with Gasteiger partial charge < -0.3 is 4.98 Å². The first-order valence-electron chi connectivity index (χ1n) is 3.86. The topological polar surface area (TPSA) is 12.0 Å². The molecule has 0 spiro atoms. The summed E-state index contributed by atoms with van der Waals surface area (Å²) in [6.07, 6.45) is 4.29. The summed E-state index contributed by atoms with van der Waals surface area (Å²) < 4.78 is 0. The monoisotopic (exact) mass is 143 g/mol. The van der Waals surface area contributed by atoms with Gasteiger partial charge in [-0.15, -0.1) is 0 Å². The van der Waals surface area contributed by atoms with E-state index in [1.165, 1.54) is 19.3 Å². The lowest BCUT2D eigenvalue weighted by molar-refractivity contribution is 0.384. The van der Waals surface area contributed by atoms with Crippen molar-refractivity contribution in [3.05, 3.63) is 0 Å². The third kappa shape index (κ3) is 2.50. The van der Waals surface area contributed by atoms with E-state index in [2.05, 4.69) is 24.6 Å². The predicted octanol–water partition coefficient (Wildman–Crippen LogP) is 1.96. The number of hydrogen-bond acceptors (Lipinski definition) is 1. The summed E-state index contributed by atoms with van der Waals surface area (Å²) in [5, 5.41) is 0. The van der Waals surface area contributed by atoms with E-state index in [1.807, 2.05) is 0 Å². The first-order valence-corrected chi connectivity index (χ1v) is 7.36. The minimum Gasteiger partial charge on any atom is -0.335 e. The molecule has 0 aromatic heterocycles. The molecule has 0 bridgehead atoms. The fraction of sp³-hybridized carbons (Fsp3) is 1.00. The first kappa shape index (κ1) is 7.29. The average molecular weight is 143 g/mol. The molecule has 0 unspecified atom stereocenters. The Balaban J connectivity index is 2.16. The zero-order valence-corrected chi connectivity index (χ0v) is 7.70. The molecule has 0 atom stereocenters. The zero-order valence-electron chi connectivity index (χ0n) is 6.70. The molecule has 1 fully saturated rings. The molecule has 0 saturated heterocycles. The van der Waals surface area contributed by atoms with Gasteiger partial charge in [0.1, 0.15) is 8.24 Å². The summed E-state index contributed by atoms with van der Waals surface area (Å²) in [5.74, 6) is 0. The Morgan fingerprint density at radius 2 is 1.78 bits per heavy atom. The van der Waals surface area contributed by atoms with Crippen LogP contribution in [0.25, 0.3) is 0 Å². The lowest BCUT2D eigenvalue weighted by atomic mass is 9.94. The van der Waals surface area contributed by atoms with E-state index in [4.69, 9.17) is 0 Å². The van der Waals surface area contributed by atoms with Crippen molar-refractivity contribution in [2.24, 2.45) is 0 Å². The maximum atomic E-state index is 3.69. The van der Waals surface area contributed by atoms with Crippen LogP contribution in [0.5, 0.6) is 0 Å². The van der Waals surface area contributed by atoms with Gasteiger partial charge in [-0.3, -0.25) is 0 Å². The normalized spacial score (nSPS) is 21.7. The minimum atomic E-state index is -0.940. The number of nitrogens with one attached hydrogen (secondary N) is 1. The maximum absolute atomic E-state index is 3.69. The molecule has 0 aliphatic heterocycles. The summed E-state index contributed by atoms with van der Waals surface area (Å²) in [6, 6.07) is 0.886. The van der Waals surface area contributed by atoms with E-state index in [0.29, 0.717) is 0 Å². The van der Waals surface area contributed by atoms with E-state index in [9.17, 15) is 0 Å². The highest BCUT2D eigenvalue weighted by atomic mass is 28.3. The molecular formula is C7H17NSi. The van der Waals surface area contributed by atoms with Crippen LogP contribution in [-0.4, -0.2) is 14.3 Å². The van der Waals surface area contributed by atoms with Gasteiger partial charge in [0.05, 0.1) is 0 Å². The Bertz CT molecular complexity index is 91.6. The standard InChI is InChI=1S/C7H17NSi/c1-9(2,3)8-7-5-4-6-7/h7-8H,4-6H2,1-3H3. The third-order valence-electron chi connectivity index (χ3n) is 1.74. The second-order valence-corrected chi connectivity index (χ2v) is 8.81. The van der Waals surface area contributed by atoms with Gasteiger partial charge in [-0.1, -0.05) is 26.1 Å². The second kappa shape index (κ2) is 2.43. The molecule has 1 nitrogen and oxygen atoms in total. The van der Waals surface area contributed by atoms with Gasteiger partial charge in [-0.2, -0.15) is 0 Å². The van der Waals surface area contributed by atoms with E-state index >= 15 is 0 Å². The molecule has 1 saturated carbocycles. The van der Waals surface area contributed by atoms with Gasteiger partial charge in [0.2, 0.25) is 0 Å². The van der Waals surface area contributed by atoms with Gasteiger partial charge in [0.15, 0.2) is 0 Å². The molecule has 0 aromatic carbocycles. The molecule has 54 valence electrons. The molecule has 0 aromatic rings. The lowest BCUT2D eigenvalue weighted by Gasteiger charge is -2.33. The number of rotatable bonds is 2. The fourth-order valence-electron chi connectivity index (χ4n) is 1.16. The Kier molecular flexibility index (Phi) is 1.96. The van der Waals surface area contributed by atoms with Crippen molar-refractivity contribution in [2.75, 3.05) is 0 Å². The zero-order chi connectivity index (χ0) is 6.91. The third-order valence-corrected chi connectivity index (χ3v) is 3.02. The average Bonchev–Trinajstić information content (AvgIpc) is 1.53. The Morgan fingerprint density at radius 3 is 1.89 bits per heavy atom. The molecule has 1 rings (SSSR count). The minimum absolute atomic E-state index is 0.886. The van der Waals surface area contributed by atoms with Gasteiger partial charge in [0, 0.05) is 6.04 Å². The molecule has 1 aliphatic carbocycles. The lowest BCUT2D eigenvalue weighted by Crippen LogP contribution is -2.50. The molecule has 0 amide bonds. The quantitative estimate of drug-likeness (QED) is 0.583. The summed E-state index contributed by atoms with van der Waals surface area (Å²) in [7, 11) is -0.940. The van der Waals surface area contributed by atoms with Crippen molar-refractivity contribution in [3.8, 4) is 0 Å². The van der Waals surface area contributed by atoms with Crippen molar-refractivity contribution in [1.29, 1.82) is 0 Å². The molecule has 2 heteroatoms. The van der Waals surface area contributed by atoms with Crippen LogP contribution in [0.3, 0.4) is 0 Å². The van der Waals surface area contributed by atoms with Crippen molar-refractivity contribution in [1.82, 2.24) is 4.98 Å². The van der Waals surface area contributed by atoms with Gasteiger partial charge in [0.25, 0.3) is 0 Å². The van der Waals surface area contributed by atoms with E-state index in [1.54, 1.807) is 0 Å². The molecule has 1 aliphatic rings. The highest BCUT2D eigenvalue weighted by molar-refractivity contribution is 6.73. The Hall–Kier alpha value is 0.177. The van der Waals surface area contributed by atoms with Crippen LogP contribution < -0.4 is 4.98 Å². The smallest absolute Gasteiger partial charge is 0.116 e. The van der Waals surface area contributed by atoms with E-state index in [0.717, 1.165) is 6.04 Å². The molecule has 9 heavy (non-hydrogen) atoms. The molecule has 1 N–H and O–H groups in total. The molecular weight excluding hydrogens is 126 g/mol. The van der Waals surface area contributed by atoms with Gasteiger partial charge in [-0.25, -0.2) is 0 Å². The SMILES string of the molecule is C[Si](C)(C)NC1CCC1. The maximum Gasteiger partial charge on any atom is 0.116 e. The van der Waals surface area contributed by atoms with Gasteiger partial charge in [-0.05, 0) is 12.8 Å². The van der Waals surface area contributed by atoms with Crippen molar-refractivity contribution in [2.45, 2.75) is 44.9 Å². The second-order valence-electron chi connectivity index (χ2n) is 4.02. The largest absolute Gasteiger partial charge is 0.335 e. The Labute approximate surface area is 58.9 Å². The van der Waals surface area contributed by atoms with Gasteiger partial charge >= 0.3 is 0 Å². The van der Waals surface area contributed by atoms with Crippen LogP contribution in [0, 0.1) is 0 Å². The van der Waals surface area contributed by atoms with Crippen LogP contribution in [-0.2, 0) is 0 Å². The van der Waals surface area contributed by atoms with Crippen LogP contribution in [0.1, 0.15) is 19.3 Å². The summed E-state index contributed by atoms with van der Waals surface area (Å²) in [6.45, 7) is 7.10. The summed E-state index contributed by atoms with van der Waals surface area (Å²) in [5.41, 5.74) is 0. The van der Waals surface area contributed by atoms with E-state index < -0.39 is 8.24 Å². The number of hydrogen-bond donors (Lipinski definition) is 1. The highest BCUT2D eigenvalue weighted by Gasteiger charge is 2.23. The van der Waals surface area contributed by atoms with Crippen LogP contribution >= 0.6 is 0 Å². The Morgan fingerprint density at radius 1 is 1.22 bits per heavy atom. The van der Waals surface area contributed by atoms with E-state index in [-0.39, 0.29) is 0 Å². The molecule has 0 radical (unpaired) electrons. The molecule has 0 heterocycles. The predicted molar refractivity (Wildman–Crippen MR) is 44.1 cm³/mol. The van der Waals surface area contributed by atoms with Crippen molar-refractivity contribution in [3.63, 3.8) is 0 Å². The van der Waals surface area contributed by atoms with Crippen molar-refractivity contribution < 1.29 is 0 Å². The first-order chi connectivity index (χ1) is 4.08. The fourth-order valence-corrected chi connectivity index (χ4v) is 2.68.